The summed E-state index contributed by atoms with van der Waals surface area (Å²) in [6.07, 6.45) is 2.72. The number of hydrogen-bond acceptors (Lipinski definition) is 5. The van der Waals surface area contributed by atoms with Crippen LogP contribution in [0, 0.1) is 0 Å². The lowest BCUT2D eigenvalue weighted by Crippen LogP contribution is -2.26. The van der Waals surface area contributed by atoms with Gasteiger partial charge in [-0.1, -0.05) is 6.07 Å². The Labute approximate surface area is 114 Å². The molecular formula is C14H22N2O3. The highest BCUT2D eigenvalue weighted by atomic mass is 16.6. The van der Waals surface area contributed by atoms with Gasteiger partial charge in [-0.05, 0) is 26.1 Å². The van der Waals surface area contributed by atoms with Gasteiger partial charge in [0.15, 0.2) is 0 Å². The zero-order valence-corrected chi connectivity index (χ0v) is 11.7. The van der Waals surface area contributed by atoms with E-state index in [1.807, 2.05) is 25.2 Å². The van der Waals surface area contributed by atoms with E-state index in [9.17, 15) is 4.79 Å². The van der Waals surface area contributed by atoms with Crippen molar-refractivity contribution in [1.29, 1.82) is 0 Å². The van der Waals surface area contributed by atoms with Crippen molar-refractivity contribution in [3.63, 3.8) is 0 Å². The van der Waals surface area contributed by atoms with Crippen LogP contribution in [-0.4, -0.2) is 55.8 Å². The molecule has 1 aromatic heterocycles. The van der Waals surface area contributed by atoms with Crippen LogP contribution < -0.4 is 0 Å². The topological polar surface area (TPSA) is 51.7 Å². The number of esters is 1. The van der Waals surface area contributed by atoms with E-state index in [4.69, 9.17) is 9.47 Å². The summed E-state index contributed by atoms with van der Waals surface area (Å²) in [6.45, 7) is 4.43. The van der Waals surface area contributed by atoms with Crippen LogP contribution in [0.3, 0.4) is 0 Å². The fourth-order valence-corrected chi connectivity index (χ4v) is 1.54. The summed E-state index contributed by atoms with van der Waals surface area (Å²) in [4.78, 5) is 17.5. The quantitative estimate of drug-likeness (QED) is 0.495. The zero-order valence-electron chi connectivity index (χ0n) is 11.7. The summed E-state index contributed by atoms with van der Waals surface area (Å²) in [6, 6.07) is 5.92. The Hall–Kier alpha value is -1.46. The maximum absolute atomic E-state index is 11.0. The molecule has 1 heterocycles. The van der Waals surface area contributed by atoms with E-state index in [-0.39, 0.29) is 12.6 Å². The van der Waals surface area contributed by atoms with Crippen molar-refractivity contribution in [3.05, 3.63) is 30.1 Å². The molecule has 0 aliphatic carbocycles. The first kappa shape index (κ1) is 15.6. The molecule has 0 spiro atoms. The molecule has 106 valence electrons. The largest absolute Gasteiger partial charge is 0.464 e. The van der Waals surface area contributed by atoms with Crippen molar-refractivity contribution >= 4 is 5.97 Å². The standard InChI is InChI=1S/C14H22N2O3/c1-3-19-14(17)12-18-11-10-16(2)9-7-13-6-4-5-8-15-13/h4-6,8H,3,7,9-12H2,1-2H3. The van der Waals surface area contributed by atoms with Gasteiger partial charge in [-0.3, -0.25) is 4.98 Å². The Morgan fingerprint density at radius 3 is 2.89 bits per heavy atom. The molecule has 0 radical (unpaired) electrons. The molecule has 1 aromatic rings. The molecule has 1 rings (SSSR count). The summed E-state index contributed by atoms with van der Waals surface area (Å²) in [5.74, 6) is -0.307. The smallest absolute Gasteiger partial charge is 0.332 e. The molecule has 0 bridgehead atoms. The van der Waals surface area contributed by atoms with Gasteiger partial charge in [0.1, 0.15) is 6.61 Å². The second kappa shape index (κ2) is 9.47. The van der Waals surface area contributed by atoms with Crippen LogP contribution in [0.1, 0.15) is 12.6 Å². The Morgan fingerprint density at radius 1 is 1.37 bits per heavy atom. The molecule has 0 saturated heterocycles. The van der Waals surface area contributed by atoms with E-state index < -0.39 is 0 Å². The van der Waals surface area contributed by atoms with Gasteiger partial charge in [0.2, 0.25) is 0 Å². The molecule has 0 fully saturated rings. The summed E-state index contributed by atoms with van der Waals surface area (Å²) >= 11 is 0. The van der Waals surface area contributed by atoms with Crippen molar-refractivity contribution in [3.8, 4) is 0 Å². The molecule has 0 amide bonds. The van der Waals surface area contributed by atoms with Crippen molar-refractivity contribution in [1.82, 2.24) is 9.88 Å². The van der Waals surface area contributed by atoms with Gasteiger partial charge < -0.3 is 14.4 Å². The number of rotatable bonds is 9. The normalized spacial score (nSPS) is 10.7. The van der Waals surface area contributed by atoms with Crippen LogP contribution in [0.4, 0.5) is 0 Å². The van der Waals surface area contributed by atoms with Crippen LogP contribution >= 0.6 is 0 Å². The summed E-state index contributed by atoms with van der Waals surface area (Å²) in [5, 5.41) is 0. The second-order valence-electron chi connectivity index (χ2n) is 4.23. The highest BCUT2D eigenvalue weighted by molar-refractivity contribution is 5.70. The first-order valence-electron chi connectivity index (χ1n) is 6.54. The van der Waals surface area contributed by atoms with E-state index in [1.54, 1.807) is 13.1 Å². The summed E-state index contributed by atoms with van der Waals surface area (Å²) in [7, 11) is 2.02. The predicted molar refractivity (Wildman–Crippen MR) is 72.9 cm³/mol. The van der Waals surface area contributed by atoms with Gasteiger partial charge in [-0.15, -0.1) is 0 Å². The highest BCUT2D eigenvalue weighted by Gasteiger charge is 2.03. The fourth-order valence-electron chi connectivity index (χ4n) is 1.54. The summed E-state index contributed by atoms with van der Waals surface area (Å²) < 4.78 is 10.0. The Balaban J connectivity index is 2.05. The Morgan fingerprint density at radius 2 is 2.21 bits per heavy atom. The number of nitrogens with zero attached hydrogens (tertiary/aromatic N) is 2. The monoisotopic (exact) mass is 266 g/mol. The van der Waals surface area contributed by atoms with Crippen molar-refractivity contribution in [2.24, 2.45) is 0 Å². The molecule has 5 heteroatoms. The summed E-state index contributed by atoms with van der Waals surface area (Å²) in [5.41, 5.74) is 1.08. The third-order valence-electron chi connectivity index (χ3n) is 2.62. The number of hydrogen-bond donors (Lipinski definition) is 0. The van der Waals surface area contributed by atoms with Gasteiger partial charge in [-0.2, -0.15) is 0 Å². The van der Waals surface area contributed by atoms with E-state index in [2.05, 4.69) is 9.88 Å². The fraction of sp³-hybridized carbons (Fsp3) is 0.571. The minimum atomic E-state index is -0.307. The van der Waals surface area contributed by atoms with E-state index in [0.29, 0.717) is 13.2 Å². The molecule has 0 aliphatic heterocycles. The van der Waals surface area contributed by atoms with Crippen molar-refractivity contribution in [2.75, 3.05) is 40.0 Å². The molecular weight excluding hydrogens is 244 g/mol. The lowest BCUT2D eigenvalue weighted by molar-refractivity contribution is -0.148. The van der Waals surface area contributed by atoms with Gasteiger partial charge >= 0.3 is 5.97 Å². The average Bonchev–Trinajstić information content (AvgIpc) is 2.43. The lowest BCUT2D eigenvalue weighted by Gasteiger charge is -2.16. The van der Waals surface area contributed by atoms with Crippen molar-refractivity contribution < 1.29 is 14.3 Å². The third-order valence-corrected chi connectivity index (χ3v) is 2.62. The van der Waals surface area contributed by atoms with E-state index in [0.717, 1.165) is 25.2 Å². The molecule has 0 atom stereocenters. The second-order valence-corrected chi connectivity index (χ2v) is 4.23. The maximum Gasteiger partial charge on any atom is 0.332 e. The lowest BCUT2D eigenvalue weighted by atomic mass is 10.2. The molecule has 19 heavy (non-hydrogen) atoms. The molecule has 0 aliphatic rings. The minimum Gasteiger partial charge on any atom is -0.464 e. The predicted octanol–water partition coefficient (Wildman–Crippen LogP) is 1.14. The number of ether oxygens (including phenoxy) is 2. The number of carbonyl (C=O) groups is 1. The zero-order chi connectivity index (χ0) is 13.9. The van der Waals surface area contributed by atoms with E-state index >= 15 is 0 Å². The molecule has 5 nitrogen and oxygen atoms in total. The van der Waals surface area contributed by atoms with E-state index in [1.165, 1.54) is 0 Å². The number of likely N-dealkylation sites (N-methyl/N-ethyl adjacent to an activating group) is 1. The van der Waals surface area contributed by atoms with Crippen LogP contribution in [0.5, 0.6) is 0 Å². The van der Waals surface area contributed by atoms with Gasteiger partial charge in [-0.25, -0.2) is 4.79 Å². The third kappa shape index (κ3) is 7.54. The van der Waals surface area contributed by atoms with Crippen LogP contribution in [-0.2, 0) is 20.7 Å². The molecule has 0 N–H and O–H groups in total. The molecule has 0 saturated carbocycles. The van der Waals surface area contributed by atoms with Gasteiger partial charge in [0.25, 0.3) is 0 Å². The number of aromatic nitrogens is 1. The van der Waals surface area contributed by atoms with Gasteiger partial charge in [0.05, 0.1) is 13.2 Å². The highest BCUT2D eigenvalue weighted by Crippen LogP contribution is 1.96. The molecule has 0 aromatic carbocycles. The minimum absolute atomic E-state index is 0.0297. The average molecular weight is 266 g/mol. The number of carbonyl (C=O) groups excluding carboxylic acids is 1. The first-order chi connectivity index (χ1) is 9.22. The Kier molecular flexibility index (Phi) is 7.77. The first-order valence-corrected chi connectivity index (χ1v) is 6.54. The Bertz CT molecular complexity index is 357. The van der Waals surface area contributed by atoms with Crippen molar-refractivity contribution in [2.45, 2.75) is 13.3 Å². The molecule has 0 unspecified atom stereocenters. The van der Waals surface area contributed by atoms with Crippen LogP contribution in [0.2, 0.25) is 0 Å². The SMILES string of the molecule is CCOC(=O)COCCN(C)CCc1ccccn1. The number of pyridine rings is 1. The van der Waals surface area contributed by atoms with Gasteiger partial charge in [0, 0.05) is 31.4 Å². The maximum atomic E-state index is 11.0. The van der Waals surface area contributed by atoms with Crippen LogP contribution in [0.15, 0.2) is 24.4 Å². The van der Waals surface area contributed by atoms with Crippen LogP contribution in [0.25, 0.3) is 0 Å².